The Bertz CT molecular complexity index is 702. The molecule has 0 aromatic carbocycles. The van der Waals surface area contributed by atoms with Gasteiger partial charge in [0.25, 0.3) is 0 Å². The van der Waals surface area contributed by atoms with Crippen molar-refractivity contribution >= 4 is 5.82 Å². The van der Waals surface area contributed by atoms with Crippen molar-refractivity contribution in [2.75, 3.05) is 37.7 Å². The number of hydrogen-bond acceptors (Lipinski definition) is 6. The molecule has 2 aliphatic heterocycles. The normalized spacial score (nSPS) is 21.6. The average molecular weight is 339 g/mol. The molecule has 4 rings (SSSR count). The van der Waals surface area contributed by atoms with Crippen LogP contribution in [-0.2, 0) is 11.3 Å². The Labute approximate surface area is 148 Å². The third-order valence-electron chi connectivity index (χ3n) is 4.87. The zero-order chi connectivity index (χ0) is 17.1. The van der Waals surface area contributed by atoms with E-state index >= 15 is 0 Å². The van der Waals surface area contributed by atoms with Gasteiger partial charge >= 0.3 is 0 Å². The molecule has 0 aliphatic carbocycles. The van der Waals surface area contributed by atoms with Crippen LogP contribution in [0.2, 0.25) is 0 Å². The third-order valence-corrected chi connectivity index (χ3v) is 4.87. The first-order valence-electron chi connectivity index (χ1n) is 9.12. The Kier molecular flexibility index (Phi) is 4.90. The lowest BCUT2D eigenvalue weighted by molar-refractivity contribution is -0.0354. The number of aryl methyl sites for hydroxylation is 1. The molecule has 0 amide bonds. The summed E-state index contributed by atoms with van der Waals surface area (Å²) >= 11 is 0. The number of hydrogen-bond donors (Lipinski definition) is 0. The smallest absolute Gasteiger partial charge is 0.132 e. The van der Waals surface area contributed by atoms with Gasteiger partial charge in [-0.25, -0.2) is 9.97 Å². The highest BCUT2D eigenvalue weighted by Gasteiger charge is 2.25. The van der Waals surface area contributed by atoms with E-state index in [0.29, 0.717) is 0 Å². The summed E-state index contributed by atoms with van der Waals surface area (Å²) in [5.41, 5.74) is 2.10. The van der Waals surface area contributed by atoms with E-state index in [1.807, 2.05) is 25.3 Å². The number of pyridine rings is 1. The molecular formula is C19H25N5O. The predicted molar refractivity (Wildman–Crippen MR) is 96.4 cm³/mol. The van der Waals surface area contributed by atoms with E-state index in [1.165, 1.54) is 12.8 Å². The molecule has 0 N–H and O–H groups in total. The topological polar surface area (TPSA) is 54.4 Å². The number of rotatable bonds is 4. The molecule has 2 aromatic heterocycles. The molecule has 132 valence electrons. The monoisotopic (exact) mass is 339 g/mol. The van der Waals surface area contributed by atoms with Crippen LogP contribution in [0.3, 0.4) is 0 Å². The van der Waals surface area contributed by atoms with Crippen LogP contribution >= 0.6 is 0 Å². The van der Waals surface area contributed by atoms with Gasteiger partial charge in [-0.1, -0.05) is 6.07 Å². The highest BCUT2D eigenvalue weighted by molar-refractivity contribution is 5.41. The number of aromatic nitrogens is 3. The lowest BCUT2D eigenvalue weighted by Crippen LogP contribution is -2.38. The van der Waals surface area contributed by atoms with Gasteiger partial charge in [0, 0.05) is 45.0 Å². The van der Waals surface area contributed by atoms with E-state index < -0.39 is 0 Å². The third kappa shape index (κ3) is 3.96. The van der Waals surface area contributed by atoms with E-state index in [2.05, 4.69) is 36.9 Å². The van der Waals surface area contributed by atoms with Gasteiger partial charge in [0.2, 0.25) is 0 Å². The molecule has 0 bridgehead atoms. The summed E-state index contributed by atoms with van der Waals surface area (Å²) in [6.45, 7) is 7.49. The Morgan fingerprint density at radius 1 is 1.16 bits per heavy atom. The summed E-state index contributed by atoms with van der Waals surface area (Å²) in [6, 6.07) is 8.18. The summed E-state index contributed by atoms with van der Waals surface area (Å²) < 4.78 is 6.03. The molecule has 4 heterocycles. The van der Waals surface area contributed by atoms with Crippen LogP contribution in [0.25, 0.3) is 0 Å². The summed E-state index contributed by atoms with van der Waals surface area (Å²) in [6.07, 6.45) is 4.34. The van der Waals surface area contributed by atoms with Gasteiger partial charge < -0.3 is 9.64 Å². The van der Waals surface area contributed by atoms with Gasteiger partial charge in [0.1, 0.15) is 17.7 Å². The second-order valence-corrected chi connectivity index (χ2v) is 6.81. The molecular weight excluding hydrogens is 314 g/mol. The van der Waals surface area contributed by atoms with Crippen molar-refractivity contribution in [2.45, 2.75) is 32.4 Å². The molecule has 0 unspecified atom stereocenters. The Morgan fingerprint density at radius 3 is 2.84 bits per heavy atom. The zero-order valence-corrected chi connectivity index (χ0v) is 14.8. The van der Waals surface area contributed by atoms with Crippen molar-refractivity contribution in [1.82, 2.24) is 19.9 Å². The van der Waals surface area contributed by atoms with Crippen molar-refractivity contribution < 1.29 is 4.74 Å². The molecule has 2 fully saturated rings. The van der Waals surface area contributed by atoms with Crippen LogP contribution in [-0.4, -0.2) is 52.6 Å². The van der Waals surface area contributed by atoms with Crippen molar-refractivity contribution in [1.29, 1.82) is 0 Å². The van der Waals surface area contributed by atoms with Crippen molar-refractivity contribution in [3.63, 3.8) is 0 Å². The van der Waals surface area contributed by atoms with E-state index in [4.69, 9.17) is 4.74 Å². The van der Waals surface area contributed by atoms with Crippen LogP contribution in [0, 0.1) is 6.92 Å². The second-order valence-electron chi connectivity index (χ2n) is 6.81. The number of nitrogens with zero attached hydrogens (tertiary/aromatic N) is 5. The minimum atomic E-state index is 0.000477. The van der Waals surface area contributed by atoms with Crippen molar-refractivity contribution in [3.05, 3.63) is 47.7 Å². The standard InChI is InChI=1S/C19H25N5O/c1-15-21-17(12-19(22-15)24-8-4-5-9-24)18-14-23(10-11-25-18)13-16-6-2-3-7-20-16/h2-3,6-7,12,18H,4-5,8-11,13-14H2,1H3/t18-/m0/s1. The Balaban J connectivity index is 1.49. The van der Waals surface area contributed by atoms with Crippen LogP contribution in [0.4, 0.5) is 5.82 Å². The fourth-order valence-corrected chi connectivity index (χ4v) is 3.59. The van der Waals surface area contributed by atoms with Crippen LogP contribution in [0.1, 0.15) is 36.2 Å². The van der Waals surface area contributed by atoms with Gasteiger partial charge in [-0.3, -0.25) is 9.88 Å². The lowest BCUT2D eigenvalue weighted by atomic mass is 10.1. The highest BCUT2D eigenvalue weighted by atomic mass is 16.5. The first-order chi connectivity index (χ1) is 12.3. The van der Waals surface area contributed by atoms with Crippen LogP contribution in [0.15, 0.2) is 30.5 Å². The van der Waals surface area contributed by atoms with E-state index in [0.717, 1.165) is 62.4 Å². The molecule has 2 saturated heterocycles. The first-order valence-corrected chi connectivity index (χ1v) is 9.12. The molecule has 2 aromatic rings. The largest absolute Gasteiger partial charge is 0.369 e. The zero-order valence-electron chi connectivity index (χ0n) is 14.8. The van der Waals surface area contributed by atoms with Gasteiger partial charge in [-0.15, -0.1) is 0 Å². The molecule has 0 spiro atoms. The average Bonchev–Trinajstić information content (AvgIpc) is 3.17. The second kappa shape index (κ2) is 7.45. The molecule has 0 radical (unpaired) electrons. The summed E-state index contributed by atoms with van der Waals surface area (Å²) in [7, 11) is 0. The highest BCUT2D eigenvalue weighted by Crippen LogP contribution is 2.26. The molecule has 6 heteroatoms. The van der Waals surface area contributed by atoms with Gasteiger partial charge in [0.05, 0.1) is 18.0 Å². The van der Waals surface area contributed by atoms with Gasteiger partial charge in [-0.2, -0.15) is 0 Å². The Hall–Kier alpha value is -2.05. The van der Waals surface area contributed by atoms with Crippen molar-refractivity contribution in [3.8, 4) is 0 Å². The Morgan fingerprint density at radius 2 is 2.04 bits per heavy atom. The molecule has 2 aliphatic rings. The SMILES string of the molecule is Cc1nc([C@@H]2CN(Cc3ccccn3)CCO2)cc(N2CCCC2)n1. The van der Waals surface area contributed by atoms with E-state index in [9.17, 15) is 0 Å². The maximum absolute atomic E-state index is 6.03. The predicted octanol–water partition coefficient (Wildman–Crippen LogP) is 2.35. The van der Waals surface area contributed by atoms with Crippen LogP contribution in [0.5, 0.6) is 0 Å². The number of ether oxygens (including phenoxy) is 1. The molecule has 6 nitrogen and oxygen atoms in total. The fraction of sp³-hybridized carbons (Fsp3) is 0.526. The summed E-state index contributed by atoms with van der Waals surface area (Å²) in [4.78, 5) is 18.5. The minimum absolute atomic E-state index is 0.000477. The van der Waals surface area contributed by atoms with E-state index in [-0.39, 0.29) is 6.10 Å². The number of morpholine rings is 1. The minimum Gasteiger partial charge on any atom is -0.369 e. The fourth-order valence-electron chi connectivity index (χ4n) is 3.59. The quantitative estimate of drug-likeness (QED) is 0.852. The van der Waals surface area contributed by atoms with E-state index in [1.54, 1.807) is 0 Å². The summed E-state index contributed by atoms with van der Waals surface area (Å²) in [5, 5.41) is 0. The maximum Gasteiger partial charge on any atom is 0.132 e. The van der Waals surface area contributed by atoms with Gasteiger partial charge in [0.15, 0.2) is 0 Å². The van der Waals surface area contributed by atoms with Crippen LogP contribution < -0.4 is 4.90 Å². The number of anilines is 1. The molecule has 0 saturated carbocycles. The van der Waals surface area contributed by atoms with Crippen molar-refractivity contribution in [2.24, 2.45) is 0 Å². The molecule has 25 heavy (non-hydrogen) atoms. The lowest BCUT2D eigenvalue weighted by Gasteiger charge is -2.32. The first kappa shape index (κ1) is 16.4. The summed E-state index contributed by atoms with van der Waals surface area (Å²) in [5.74, 6) is 1.87. The maximum atomic E-state index is 6.03. The molecule has 1 atom stereocenters. The van der Waals surface area contributed by atoms with Gasteiger partial charge in [-0.05, 0) is 31.9 Å².